The largest absolute Gasteiger partial charge is 0.481 e. The number of carbonyl (C=O) groups is 2. The monoisotopic (exact) mass is 266 g/mol. The quantitative estimate of drug-likeness (QED) is 0.815. The highest BCUT2D eigenvalue weighted by atomic mass is 35.5. The SMILES string of the molecule is O=C(O)CCCC(=O)c1c[nH]c2nccc(Cl)c12. The number of hydrogen-bond acceptors (Lipinski definition) is 3. The molecule has 5 nitrogen and oxygen atoms in total. The summed E-state index contributed by atoms with van der Waals surface area (Å²) in [6.45, 7) is 0. The molecule has 2 aromatic rings. The molecule has 0 bridgehead atoms. The second kappa shape index (κ2) is 5.18. The van der Waals surface area contributed by atoms with Crippen molar-refractivity contribution in [2.24, 2.45) is 0 Å². The number of Topliss-reactive ketones (excluding diaryl/α,β-unsaturated/α-hetero) is 1. The van der Waals surface area contributed by atoms with Gasteiger partial charge in [0.05, 0.1) is 5.02 Å². The van der Waals surface area contributed by atoms with Gasteiger partial charge in [-0.25, -0.2) is 4.98 Å². The molecule has 18 heavy (non-hydrogen) atoms. The number of ketones is 1. The van der Waals surface area contributed by atoms with Crippen molar-refractivity contribution in [2.75, 3.05) is 0 Å². The maximum Gasteiger partial charge on any atom is 0.303 e. The fourth-order valence-corrected chi connectivity index (χ4v) is 2.02. The van der Waals surface area contributed by atoms with Crippen LogP contribution >= 0.6 is 11.6 Å². The van der Waals surface area contributed by atoms with Crippen molar-refractivity contribution < 1.29 is 14.7 Å². The van der Waals surface area contributed by atoms with Gasteiger partial charge < -0.3 is 10.1 Å². The van der Waals surface area contributed by atoms with Gasteiger partial charge in [-0.15, -0.1) is 0 Å². The molecule has 2 aromatic heterocycles. The van der Waals surface area contributed by atoms with E-state index in [-0.39, 0.29) is 18.6 Å². The molecule has 0 unspecified atom stereocenters. The summed E-state index contributed by atoms with van der Waals surface area (Å²) in [4.78, 5) is 29.3. The number of carboxylic acids is 1. The molecule has 2 heterocycles. The summed E-state index contributed by atoms with van der Waals surface area (Å²) >= 11 is 6.03. The number of halogens is 1. The van der Waals surface area contributed by atoms with Crippen molar-refractivity contribution in [2.45, 2.75) is 19.3 Å². The Hall–Kier alpha value is -1.88. The van der Waals surface area contributed by atoms with E-state index in [2.05, 4.69) is 9.97 Å². The Kier molecular flexibility index (Phi) is 3.62. The van der Waals surface area contributed by atoms with Crippen LogP contribution in [0.25, 0.3) is 11.0 Å². The summed E-state index contributed by atoms with van der Waals surface area (Å²) in [5, 5.41) is 9.58. The van der Waals surface area contributed by atoms with Crippen LogP contribution in [0.1, 0.15) is 29.6 Å². The van der Waals surface area contributed by atoms with Crippen molar-refractivity contribution in [3.63, 3.8) is 0 Å². The molecule has 2 rings (SSSR count). The van der Waals surface area contributed by atoms with Crippen molar-refractivity contribution >= 4 is 34.4 Å². The Labute approximate surface area is 108 Å². The highest BCUT2D eigenvalue weighted by Crippen LogP contribution is 2.26. The smallest absolute Gasteiger partial charge is 0.303 e. The summed E-state index contributed by atoms with van der Waals surface area (Å²) in [5.41, 5.74) is 1.03. The van der Waals surface area contributed by atoms with Gasteiger partial charge in [-0.3, -0.25) is 9.59 Å². The standard InChI is InChI=1S/C12H11ClN2O3/c13-8-4-5-14-12-11(8)7(6-15-12)9(16)2-1-3-10(17)18/h4-6H,1-3H2,(H,14,15)(H,17,18). The number of aromatic amines is 1. The second-order valence-corrected chi connectivity index (χ2v) is 4.30. The van der Waals surface area contributed by atoms with E-state index in [0.29, 0.717) is 28.0 Å². The zero-order chi connectivity index (χ0) is 13.1. The molecule has 0 aromatic carbocycles. The number of carboxylic acid groups (broad SMARTS) is 1. The Balaban J connectivity index is 2.20. The van der Waals surface area contributed by atoms with Gasteiger partial charge in [0.25, 0.3) is 0 Å². The lowest BCUT2D eigenvalue weighted by atomic mass is 10.1. The molecular weight excluding hydrogens is 256 g/mol. The van der Waals surface area contributed by atoms with E-state index < -0.39 is 5.97 Å². The zero-order valence-electron chi connectivity index (χ0n) is 9.44. The van der Waals surface area contributed by atoms with Gasteiger partial charge in [0.2, 0.25) is 0 Å². The van der Waals surface area contributed by atoms with Gasteiger partial charge in [-0.05, 0) is 12.5 Å². The third-order valence-electron chi connectivity index (χ3n) is 2.62. The van der Waals surface area contributed by atoms with Crippen LogP contribution in [0.3, 0.4) is 0 Å². The van der Waals surface area contributed by atoms with Gasteiger partial charge in [-0.1, -0.05) is 11.6 Å². The fourth-order valence-electron chi connectivity index (χ4n) is 1.77. The molecule has 0 aliphatic rings. The first-order valence-corrected chi connectivity index (χ1v) is 5.84. The van der Waals surface area contributed by atoms with Crippen molar-refractivity contribution in [3.8, 4) is 0 Å². The minimum Gasteiger partial charge on any atom is -0.481 e. The molecule has 0 spiro atoms. The molecule has 0 atom stereocenters. The molecule has 0 saturated heterocycles. The van der Waals surface area contributed by atoms with Crippen LogP contribution in [-0.2, 0) is 4.79 Å². The average molecular weight is 267 g/mol. The van der Waals surface area contributed by atoms with E-state index in [1.165, 1.54) is 0 Å². The van der Waals surface area contributed by atoms with E-state index in [1.54, 1.807) is 18.5 Å². The lowest BCUT2D eigenvalue weighted by molar-refractivity contribution is -0.137. The van der Waals surface area contributed by atoms with Crippen LogP contribution in [-0.4, -0.2) is 26.8 Å². The average Bonchev–Trinajstić information content (AvgIpc) is 2.73. The van der Waals surface area contributed by atoms with Crippen LogP contribution < -0.4 is 0 Å². The molecule has 2 N–H and O–H groups in total. The van der Waals surface area contributed by atoms with E-state index in [9.17, 15) is 9.59 Å². The first-order chi connectivity index (χ1) is 8.59. The maximum atomic E-state index is 12.0. The Morgan fingerprint density at radius 2 is 2.17 bits per heavy atom. The molecule has 0 radical (unpaired) electrons. The predicted octanol–water partition coefficient (Wildman–Crippen LogP) is 2.65. The predicted molar refractivity (Wildman–Crippen MR) is 66.9 cm³/mol. The number of nitrogens with zero attached hydrogens (tertiary/aromatic N) is 1. The minimum atomic E-state index is -0.901. The third-order valence-corrected chi connectivity index (χ3v) is 2.93. The molecule has 6 heteroatoms. The first-order valence-electron chi connectivity index (χ1n) is 5.46. The summed E-state index contributed by atoms with van der Waals surface area (Å²) in [7, 11) is 0. The number of rotatable bonds is 5. The Morgan fingerprint density at radius 3 is 2.89 bits per heavy atom. The van der Waals surface area contributed by atoms with Crippen molar-refractivity contribution in [1.82, 2.24) is 9.97 Å². The number of pyridine rings is 1. The van der Waals surface area contributed by atoms with Crippen LogP contribution in [0.15, 0.2) is 18.5 Å². The van der Waals surface area contributed by atoms with Gasteiger partial charge in [0, 0.05) is 36.2 Å². The summed E-state index contributed by atoms with van der Waals surface area (Å²) in [5.74, 6) is -1.03. The fraction of sp³-hybridized carbons (Fsp3) is 0.250. The van der Waals surface area contributed by atoms with E-state index >= 15 is 0 Å². The summed E-state index contributed by atoms with van der Waals surface area (Å²) < 4.78 is 0. The minimum absolute atomic E-state index is 0.0138. The number of aromatic nitrogens is 2. The molecule has 94 valence electrons. The first kappa shape index (κ1) is 12.6. The van der Waals surface area contributed by atoms with Crippen LogP contribution in [0.5, 0.6) is 0 Å². The zero-order valence-corrected chi connectivity index (χ0v) is 10.2. The third kappa shape index (κ3) is 2.51. The highest BCUT2D eigenvalue weighted by Gasteiger charge is 2.15. The van der Waals surface area contributed by atoms with Gasteiger partial charge >= 0.3 is 5.97 Å². The van der Waals surface area contributed by atoms with E-state index in [1.807, 2.05) is 0 Å². The second-order valence-electron chi connectivity index (χ2n) is 3.89. The molecule has 0 saturated carbocycles. The number of H-pyrrole nitrogens is 1. The number of nitrogens with one attached hydrogen (secondary N) is 1. The van der Waals surface area contributed by atoms with E-state index in [0.717, 1.165) is 0 Å². The lowest BCUT2D eigenvalue weighted by Crippen LogP contribution is -2.01. The summed E-state index contributed by atoms with van der Waals surface area (Å²) in [6, 6.07) is 1.62. The number of fused-ring (bicyclic) bond motifs is 1. The maximum absolute atomic E-state index is 12.0. The van der Waals surface area contributed by atoms with Gasteiger partial charge in [-0.2, -0.15) is 0 Å². The van der Waals surface area contributed by atoms with Crippen molar-refractivity contribution in [3.05, 3.63) is 29.0 Å². The lowest BCUT2D eigenvalue weighted by Gasteiger charge is -1.99. The normalized spacial score (nSPS) is 10.7. The van der Waals surface area contributed by atoms with E-state index in [4.69, 9.17) is 16.7 Å². The molecule has 0 amide bonds. The van der Waals surface area contributed by atoms with Crippen molar-refractivity contribution in [1.29, 1.82) is 0 Å². The van der Waals surface area contributed by atoms with Crippen LogP contribution in [0.4, 0.5) is 0 Å². The molecular formula is C12H11ClN2O3. The van der Waals surface area contributed by atoms with Crippen LogP contribution in [0, 0.1) is 0 Å². The highest BCUT2D eigenvalue weighted by molar-refractivity contribution is 6.36. The number of aliphatic carboxylic acids is 1. The molecule has 0 aliphatic carbocycles. The number of carbonyl (C=O) groups excluding carboxylic acids is 1. The topological polar surface area (TPSA) is 83.0 Å². The molecule has 0 aliphatic heterocycles. The summed E-state index contributed by atoms with van der Waals surface area (Å²) in [6.07, 6.45) is 3.61. The Bertz CT molecular complexity index is 606. The van der Waals surface area contributed by atoms with Gasteiger partial charge in [0.15, 0.2) is 5.78 Å². The molecule has 0 fully saturated rings. The number of hydrogen-bond donors (Lipinski definition) is 2. The van der Waals surface area contributed by atoms with Crippen LogP contribution in [0.2, 0.25) is 5.02 Å². The Morgan fingerprint density at radius 1 is 1.39 bits per heavy atom. The van der Waals surface area contributed by atoms with Gasteiger partial charge in [0.1, 0.15) is 5.65 Å².